The summed E-state index contributed by atoms with van der Waals surface area (Å²) >= 11 is 0. The van der Waals surface area contributed by atoms with Gasteiger partial charge in [0.2, 0.25) is 0 Å². The van der Waals surface area contributed by atoms with E-state index in [2.05, 4.69) is 11.8 Å². The van der Waals surface area contributed by atoms with Gasteiger partial charge in [-0.25, -0.2) is 4.39 Å². The first-order valence-electron chi connectivity index (χ1n) is 5.01. The maximum atomic E-state index is 13.5. The predicted molar refractivity (Wildman–Crippen MR) is 57.9 cm³/mol. The van der Waals surface area contributed by atoms with Crippen molar-refractivity contribution in [3.63, 3.8) is 0 Å². The number of hydrogen-bond acceptors (Lipinski definition) is 1. The molecule has 1 aromatic carbocycles. The zero-order valence-corrected chi connectivity index (χ0v) is 9.34. The fourth-order valence-electron chi connectivity index (χ4n) is 1.41. The monoisotopic (exact) mass is 195 g/mol. The molecule has 78 valence electrons. The molecule has 0 aliphatic heterocycles. The van der Waals surface area contributed by atoms with E-state index in [9.17, 15) is 4.39 Å². The van der Waals surface area contributed by atoms with Crippen LogP contribution in [0.3, 0.4) is 0 Å². The van der Waals surface area contributed by atoms with Crippen LogP contribution in [-0.2, 0) is 6.42 Å². The third kappa shape index (κ3) is 2.32. The zero-order chi connectivity index (χ0) is 10.7. The molecule has 1 aromatic rings. The highest BCUT2D eigenvalue weighted by Gasteiger charge is 2.09. The Balaban J connectivity index is 2.96. The standard InChI is InChI=1S/C12H18FN/c1-5-10-6-7-11(8-12(10)13)9(2)14(3)4/h6-9H,5H2,1-4H3. The molecule has 1 unspecified atom stereocenters. The first-order chi connectivity index (χ1) is 6.56. The lowest BCUT2D eigenvalue weighted by atomic mass is 10.0. The molecule has 2 heteroatoms. The van der Waals surface area contributed by atoms with Crippen molar-refractivity contribution < 1.29 is 4.39 Å². The fourth-order valence-corrected chi connectivity index (χ4v) is 1.41. The van der Waals surface area contributed by atoms with Crippen LogP contribution in [0.4, 0.5) is 4.39 Å². The largest absolute Gasteiger partial charge is 0.303 e. The molecule has 0 aliphatic rings. The highest BCUT2D eigenvalue weighted by Crippen LogP contribution is 2.20. The molecule has 1 rings (SSSR count). The average Bonchev–Trinajstić information content (AvgIpc) is 2.16. The number of benzene rings is 1. The number of nitrogens with zero attached hydrogens (tertiary/aromatic N) is 1. The van der Waals surface area contributed by atoms with Crippen LogP contribution in [-0.4, -0.2) is 19.0 Å². The molecule has 0 heterocycles. The van der Waals surface area contributed by atoms with Gasteiger partial charge in [-0.2, -0.15) is 0 Å². The lowest BCUT2D eigenvalue weighted by molar-refractivity contribution is 0.320. The van der Waals surface area contributed by atoms with Crippen molar-refractivity contribution in [2.45, 2.75) is 26.3 Å². The predicted octanol–water partition coefficient (Wildman–Crippen LogP) is 3.01. The van der Waals surface area contributed by atoms with Crippen LogP contribution in [0.25, 0.3) is 0 Å². The van der Waals surface area contributed by atoms with Gasteiger partial charge in [-0.05, 0) is 44.6 Å². The van der Waals surface area contributed by atoms with E-state index in [0.29, 0.717) is 0 Å². The van der Waals surface area contributed by atoms with Crippen molar-refractivity contribution >= 4 is 0 Å². The number of aryl methyl sites for hydroxylation is 1. The van der Waals surface area contributed by atoms with E-state index in [0.717, 1.165) is 17.5 Å². The summed E-state index contributed by atoms with van der Waals surface area (Å²) in [5, 5.41) is 0. The summed E-state index contributed by atoms with van der Waals surface area (Å²) in [7, 11) is 3.99. The summed E-state index contributed by atoms with van der Waals surface area (Å²) in [6.07, 6.45) is 0.752. The van der Waals surface area contributed by atoms with Gasteiger partial charge >= 0.3 is 0 Å². The van der Waals surface area contributed by atoms with Gasteiger partial charge < -0.3 is 4.90 Å². The molecule has 1 atom stereocenters. The van der Waals surface area contributed by atoms with E-state index in [4.69, 9.17) is 0 Å². The molecule has 0 aromatic heterocycles. The lowest BCUT2D eigenvalue weighted by Gasteiger charge is -2.20. The van der Waals surface area contributed by atoms with Crippen LogP contribution in [0.5, 0.6) is 0 Å². The SMILES string of the molecule is CCc1ccc(C(C)N(C)C)cc1F. The van der Waals surface area contributed by atoms with E-state index in [1.807, 2.05) is 33.2 Å². The lowest BCUT2D eigenvalue weighted by Crippen LogP contribution is -2.16. The van der Waals surface area contributed by atoms with Crippen molar-refractivity contribution in [2.75, 3.05) is 14.1 Å². The number of halogens is 1. The molecule has 0 aliphatic carbocycles. The maximum absolute atomic E-state index is 13.5. The summed E-state index contributed by atoms with van der Waals surface area (Å²) < 4.78 is 13.5. The highest BCUT2D eigenvalue weighted by atomic mass is 19.1. The Morgan fingerprint density at radius 1 is 1.36 bits per heavy atom. The van der Waals surface area contributed by atoms with Gasteiger partial charge in [0.25, 0.3) is 0 Å². The number of hydrogen-bond donors (Lipinski definition) is 0. The summed E-state index contributed by atoms with van der Waals surface area (Å²) in [5.41, 5.74) is 1.82. The van der Waals surface area contributed by atoms with E-state index < -0.39 is 0 Å². The minimum Gasteiger partial charge on any atom is -0.303 e. The van der Waals surface area contributed by atoms with Crippen LogP contribution >= 0.6 is 0 Å². The minimum atomic E-state index is -0.0845. The second-order valence-electron chi connectivity index (χ2n) is 3.84. The Bertz CT molecular complexity index is 307. The molecule has 0 radical (unpaired) electrons. The molecular weight excluding hydrogens is 177 g/mol. The van der Waals surface area contributed by atoms with E-state index in [1.165, 1.54) is 0 Å². The Morgan fingerprint density at radius 2 is 2.00 bits per heavy atom. The van der Waals surface area contributed by atoms with Crippen LogP contribution in [0.1, 0.15) is 31.0 Å². The summed E-state index contributed by atoms with van der Waals surface area (Å²) in [5.74, 6) is -0.0845. The molecule has 0 bridgehead atoms. The quantitative estimate of drug-likeness (QED) is 0.716. The fraction of sp³-hybridized carbons (Fsp3) is 0.500. The van der Waals surface area contributed by atoms with Gasteiger partial charge in [0, 0.05) is 6.04 Å². The van der Waals surface area contributed by atoms with Crippen LogP contribution in [0, 0.1) is 5.82 Å². The van der Waals surface area contributed by atoms with Gasteiger partial charge in [-0.3, -0.25) is 0 Å². The first-order valence-corrected chi connectivity index (χ1v) is 5.01. The summed E-state index contributed by atoms with van der Waals surface area (Å²) in [4.78, 5) is 2.07. The van der Waals surface area contributed by atoms with E-state index in [-0.39, 0.29) is 11.9 Å². The van der Waals surface area contributed by atoms with Crippen LogP contribution < -0.4 is 0 Å². The first kappa shape index (κ1) is 11.2. The molecule has 0 N–H and O–H groups in total. The van der Waals surface area contributed by atoms with E-state index >= 15 is 0 Å². The van der Waals surface area contributed by atoms with Gasteiger partial charge in [-0.15, -0.1) is 0 Å². The van der Waals surface area contributed by atoms with Crippen molar-refractivity contribution in [2.24, 2.45) is 0 Å². The third-order valence-corrected chi connectivity index (χ3v) is 2.72. The molecule has 0 fully saturated rings. The molecular formula is C12H18FN. The van der Waals surface area contributed by atoms with E-state index in [1.54, 1.807) is 6.07 Å². The topological polar surface area (TPSA) is 3.24 Å². The molecule has 0 amide bonds. The van der Waals surface area contributed by atoms with Gasteiger partial charge in [0.15, 0.2) is 0 Å². The molecule has 0 spiro atoms. The second kappa shape index (κ2) is 4.56. The minimum absolute atomic E-state index is 0.0845. The molecule has 14 heavy (non-hydrogen) atoms. The summed E-state index contributed by atoms with van der Waals surface area (Å²) in [6.45, 7) is 4.04. The number of rotatable bonds is 3. The Hall–Kier alpha value is -0.890. The Kier molecular flexibility index (Phi) is 3.64. The van der Waals surface area contributed by atoms with Crippen LogP contribution in [0.2, 0.25) is 0 Å². The second-order valence-corrected chi connectivity index (χ2v) is 3.84. The molecule has 1 nitrogen and oxygen atoms in total. The third-order valence-electron chi connectivity index (χ3n) is 2.72. The van der Waals surface area contributed by atoms with Crippen molar-refractivity contribution in [1.29, 1.82) is 0 Å². The van der Waals surface area contributed by atoms with Gasteiger partial charge in [0.1, 0.15) is 5.82 Å². The normalized spacial score (nSPS) is 13.3. The van der Waals surface area contributed by atoms with Crippen LogP contribution in [0.15, 0.2) is 18.2 Å². The zero-order valence-electron chi connectivity index (χ0n) is 9.34. The molecule has 0 saturated heterocycles. The Morgan fingerprint density at radius 3 is 2.43 bits per heavy atom. The smallest absolute Gasteiger partial charge is 0.126 e. The highest BCUT2D eigenvalue weighted by molar-refractivity contribution is 5.26. The average molecular weight is 195 g/mol. The van der Waals surface area contributed by atoms with Crippen molar-refractivity contribution in [3.8, 4) is 0 Å². The van der Waals surface area contributed by atoms with Gasteiger partial charge in [-0.1, -0.05) is 19.1 Å². The van der Waals surface area contributed by atoms with Crippen molar-refractivity contribution in [3.05, 3.63) is 35.1 Å². The van der Waals surface area contributed by atoms with Gasteiger partial charge in [0.05, 0.1) is 0 Å². The maximum Gasteiger partial charge on any atom is 0.126 e. The van der Waals surface area contributed by atoms with Crippen molar-refractivity contribution in [1.82, 2.24) is 4.90 Å². The molecule has 0 saturated carbocycles. The summed E-state index contributed by atoms with van der Waals surface area (Å²) in [6, 6.07) is 5.79. The Labute approximate surface area is 85.5 Å².